The van der Waals surface area contributed by atoms with Crippen LogP contribution in [0.5, 0.6) is 5.75 Å². The second-order valence-electron chi connectivity index (χ2n) is 6.08. The van der Waals surface area contributed by atoms with Crippen molar-refractivity contribution in [1.29, 1.82) is 0 Å². The molecule has 3 aromatic carbocycles. The van der Waals surface area contributed by atoms with Gasteiger partial charge in [-0.2, -0.15) is 0 Å². The molecule has 0 radical (unpaired) electrons. The van der Waals surface area contributed by atoms with Crippen LogP contribution in [0.4, 0.5) is 20.2 Å². The van der Waals surface area contributed by atoms with Crippen LogP contribution >= 0.6 is 0 Å². The predicted molar refractivity (Wildman–Crippen MR) is 106 cm³/mol. The number of carbonyl (C=O) groups is 2. The van der Waals surface area contributed by atoms with Gasteiger partial charge in [0.1, 0.15) is 5.75 Å². The van der Waals surface area contributed by atoms with Crippen LogP contribution in [0.25, 0.3) is 0 Å². The summed E-state index contributed by atoms with van der Waals surface area (Å²) in [6.07, 6.45) is 0. The molecule has 3 aromatic rings. The van der Waals surface area contributed by atoms with Crippen LogP contribution in [-0.4, -0.2) is 18.4 Å². The van der Waals surface area contributed by atoms with E-state index in [2.05, 4.69) is 10.6 Å². The molecule has 0 saturated heterocycles. The summed E-state index contributed by atoms with van der Waals surface area (Å²) in [6, 6.07) is 16.0. The Morgan fingerprint density at radius 1 is 0.793 bits per heavy atom. The van der Waals surface area contributed by atoms with Gasteiger partial charge in [0.05, 0.1) is 6.61 Å². The van der Waals surface area contributed by atoms with Crippen molar-refractivity contribution in [3.05, 3.63) is 89.5 Å². The monoisotopic (exact) mass is 396 g/mol. The third-order valence-corrected chi connectivity index (χ3v) is 3.99. The van der Waals surface area contributed by atoms with Gasteiger partial charge < -0.3 is 15.4 Å². The Morgan fingerprint density at radius 2 is 1.38 bits per heavy atom. The van der Waals surface area contributed by atoms with E-state index in [0.717, 1.165) is 12.1 Å². The molecule has 0 bridgehead atoms. The minimum absolute atomic E-state index is 0.109. The zero-order chi connectivity index (χ0) is 20.8. The second-order valence-corrected chi connectivity index (χ2v) is 6.08. The van der Waals surface area contributed by atoms with Crippen molar-refractivity contribution in [2.24, 2.45) is 0 Å². The molecule has 0 fully saturated rings. The van der Waals surface area contributed by atoms with Crippen LogP contribution < -0.4 is 15.4 Å². The summed E-state index contributed by atoms with van der Waals surface area (Å²) < 4.78 is 31.6. The van der Waals surface area contributed by atoms with Gasteiger partial charge in [-0.05, 0) is 61.5 Å². The minimum atomic E-state index is -1.06. The van der Waals surface area contributed by atoms with Gasteiger partial charge in [0.15, 0.2) is 11.6 Å². The summed E-state index contributed by atoms with van der Waals surface area (Å²) in [6.45, 7) is 2.43. The van der Waals surface area contributed by atoms with Crippen molar-refractivity contribution in [3.8, 4) is 5.75 Å². The Balaban J connectivity index is 1.69. The first kappa shape index (κ1) is 20.0. The maximum Gasteiger partial charge on any atom is 0.255 e. The number of halogens is 2. The average Bonchev–Trinajstić information content (AvgIpc) is 2.72. The van der Waals surface area contributed by atoms with E-state index in [1.807, 2.05) is 6.92 Å². The molecular weight excluding hydrogens is 378 g/mol. The Hall–Kier alpha value is -3.74. The fourth-order valence-electron chi connectivity index (χ4n) is 2.58. The van der Waals surface area contributed by atoms with Crippen LogP contribution in [0.3, 0.4) is 0 Å². The summed E-state index contributed by atoms with van der Waals surface area (Å²) in [5.41, 5.74) is 1.17. The number of ether oxygens (including phenoxy) is 1. The van der Waals surface area contributed by atoms with E-state index in [4.69, 9.17) is 4.74 Å². The molecule has 0 saturated carbocycles. The molecule has 29 heavy (non-hydrogen) atoms. The summed E-state index contributed by atoms with van der Waals surface area (Å²) in [5, 5.41) is 5.21. The quantitative estimate of drug-likeness (QED) is 0.625. The molecule has 0 aliphatic heterocycles. The molecule has 0 aliphatic carbocycles. The van der Waals surface area contributed by atoms with Crippen LogP contribution in [0.1, 0.15) is 27.6 Å². The smallest absolute Gasteiger partial charge is 0.255 e. The fourth-order valence-corrected chi connectivity index (χ4v) is 2.58. The molecule has 0 spiro atoms. The third kappa shape index (κ3) is 5.16. The van der Waals surface area contributed by atoms with Crippen molar-refractivity contribution >= 4 is 23.2 Å². The lowest BCUT2D eigenvalue weighted by Gasteiger charge is -2.09. The van der Waals surface area contributed by atoms with Gasteiger partial charge in [-0.15, -0.1) is 0 Å². The highest BCUT2D eigenvalue weighted by molar-refractivity contribution is 6.08. The first-order valence-electron chi connectivity index (χ1n) is 8.87. The summed E-state index contributed by atoms with van der Waals surface area (Å²) in [4.78, 5) is 24.8. The van der Waals surface area contributed by atoms with Crippen molar-refractivity contribution in [1.82, 2.24) is 0 Å². The largest absolute Gasteiger partial charge is 0.494 e. The molecule has 148 valence electrons. The van der Waals surface area contributed by atoms with Crippen LogP contribution in [-0.2, 0) is 0 Å². The number of amides is 2. The second kappa shape index (κ2) is 8.97. The number of carbonyl (C=O) groups excluding carboxylic acids is 2. The van der Waals surface area contributed by atoms with Gasteiger partial charge in [-0.3, -0.25) is 9.59 Å². The number of benzene rings is 3. The molecule has 0 aromatic heterocycles. The van der Waals surface area contributed by atoms with Gasteiger partial charge in [0, 0.05) is 28.6 Å². The highest BCUT2D eigenvalue weighted by atomic mass is 19.2. The van der Waals surface area contributed by atoms with Crippen LogP contribution in [0.15, 0.2) is 66.7 Å². The number of anilines is 2. The first-order chi connectivity index (χ1) is 14.0. The molecule has 2 N–H and O–H groups in total. The van der Waals surface area contributed by atoms with Crippen molar-refractivity contribution in [2.45, 2.75) is 6.92 Å². The Kier molecular flexibility index (Phi) is 6.19. The standard InChI is InChI=1S/C22H18F2N2O3/c1-2-29-18-9-6-16(7-10-18)25-21(27)14-4-3-5-15(12-14)22(28)26-17-8-11-19(23)20(24)13-17/h3-13H,2H2,1H3,(H,25,27)(H,26,28). The highest BCUT2D eigenvalue weighted by Crippen LogP contribution is 2.18. The zero-order valence-electron chi connectivity index (χ0n) is 15.5. The van der Waals surface area contributed by atoms with E-state index in [9.17, 15) is 18.4 Å². The van der Waals surface area contributed by atoms with Crippen LogP contribution in [0.2, 0.25) is 0 Å². The number of hydrogen-bond acceptors (Lipinski definition) is 3. The van der Waals surface area contributed by atoms with Crippen molar-refractivity contribution in [2.75, 3.05) is 17.2 Å². The molecule has 5 nitrogen and oxygen atoms in total. The average molecular weight is 396 g/mol. The van der Waals surface area contributed by atoms with E-state index in [-0.39, 0.29) is 16.8 Å². The Labute approximate surface area is 166 Å². The third-order valence-electron chi connectivity index (χ3n) is 3.99. The van der Waals surface area contributed by atoms with E-state index in [0.29, 0.717) is 18.0 Å². The number of hydrogen-bond donors (Lipinski definition) is 2. The summed E-state index contributed by atoms with van der Waals surface area (Å²) >= 11 is 0. The lowest BCUT2D eigenvalue weighted by atomic mass is 10.1. The highest BCUT2D eigenvalue weighted by Gasteiger charge is 2.12. The molecule has 0 heterocycles. The summed E-state index contributed by atoms with van der Waals surface area (Å²) in [5.74, 6) is -2.31. The molecule has 2 amide bonds. The normalized spacial score (nSPS) is 10.3. The SMILES string of the molecule is CCOc1ccc(NC(=O)c2cccc(C(=O)Nc3ccc(F)c(F)c3)c2)cc1. The molecule has 7 heteroatoms. The molecule has 0 atom stereocenters. The molecule has 3 rings (SSSR count). The van der Waals surface area contributed by atoms with Gasteiger partial charge in [-0.25, -0.2) is 8.78 Å². The van der Waals surface area contributed by atoms with E-state index in [1.165, 1.54) is 18.2 Å². The maximum absolute atomic E-state index is 13.3. The number of nitrogens with one attached hydrogen (secondary N) is 2. The summed E-state index contributed by atoms with van der Waals surface area (Å²) in [7, 11) is 0. The lowest BCUT2D eigenvalue weighted by Crippen LogP contribution is -2.15. The van der Waals surface area contributed by atoms with Crippen molar-refractivity contribution < 1.29 is 23.1 Å². The lowest BCUT2D eigenvalue weighted by molar-refractivity contribution is 0.102. The molecule has 0 aliphatic rings. The topological polar surface area (TPSA) is 67.4 Å². The molecular formula is C22H18F2N2O3. The van der Waals surface area contributed by atoms with E-state index in [1.54, 1.807) is 36.4 Å². The van der Waals surface area contributed by atoms with Gasteiger partial charge in [-0.1, -0.05) is 6.07 Å². The van der Waals surface area contributed by atoms with E-state index < -0.39 is 23.4 Å². The van der Waals surface area contributed by atoms with Gasteiger partial charge in [0.2, 0.25) is 0 Å². The molecule has 0 unspecified atom stereocenters. The zero-order valence-corrected chi connectivity index (χ0v) is 15.5. The Morgan fingerprint density at radius 3 is 1.97 bits per heavy atom. The fraction of sp³-hybridized carbons (Fsp3) is 0.0909. The predicted octanol–water partition coefficient (Wildman–Crippen LogP) is 4.87. The van der Waals surface area contributed by atoms with Gasteiger partial charge in [0.25, 0.3) is 11.8 Å². The van der Waals surface area contributed by atoms with Crippen LogP contribution in [0, 0.1) is 11.6 Å². The van der Waals surface area contributed by atoms with Gasteiger partial charge >= 0.3 is 0 Å². The van der Waals surface area contributed by atoms with E-state index >= 15 is 0 Å². The van der Waals surface area contributed by atoms with Crippen molar-refractivity contribution in [3.63, 3.8) is 0 Å². The Bertz CT molecular complexity index is 1040. The number of rotatable bonds is 6. The first-order valence-corrected chi connectivity index (χ1v) is 8.87. The maximum atomic E-state index is 13.3. The minimum Gasteiger partial charge on any atom is -0.494 e.